The molecule has 0 radical (unpaired) electrons. The van der Waals surface area contributed by atoms with Gasteiger partial charge in [-0.1, -0.05) is 5.16 Å². The second-order valence-corrected chi connectivity index (χ2v) is 12.0. The zero-order chi connectivity index (χ0) is 31.4. The number of amides is 2. The van der Waals surface area contributed by atoms with Crippen molar-refractivity contribution < 1.29 is 48.7 Å². The fourth-order valence-electron chi connectivity index (χ4n) is 4.01. The zero-order valence-corrected chi connectivity index (χ0v) is 24.6. The summed E-state index contributed by atoms with van der Waals surface area (Å²) in [5.41, 5.74) is 11.3. The molecule has 4 heterocycles. The maximum absolute atomic E-state index is 13.2. The standard InChI is InChI=1S/C23H24N8O9S3/c1-9(4-13(32)33)40-29-15(11-8-42-22(25)26-11)18(36)28-16-19(37)31-17(21(38)39)10(6-41-20(16)31)7-43-23-27-12(24)2-3-30(23)5-14(34)35/h2-3,8-9,16,20,24H,4-7H2,1H3,(H6,25,26,28,32,33,34,35,36,38,39)/p+1/b29-15-/t9?,16?,20-/m1/s1. The number of nitrogens with two attached hydrogens (primary N) is 2. The third-order valence-corrected chi connectivity index (χ3v) is 8.97. The number of carbonyl (C=O) groups excluding carboxylic acids is 2. The first-order valence-electron chi connectivity index (χ1n) is 12.2. The van der Waals surface area contributed by atoms with E-state index < -0.39 is 47.2 Å². The number of oxime groups is 1. The first-order valence-corrected chi connectivity index (χ1v) is 15.2. The van der Waals surface area contributed by atoms with Gasteiger partial charge in [0.05, 0.1) is 12.6 Å². The summed E-state index contributed by atoms with van der Waals surface area (Å²) in [6.07, 6.45) is 0.190. The Morgan fingerprint density at radius 2 is 2.00 bits per heavy atom. The van der Waals surface area contributed by atoms with E-state index in [1.807, 2.05) is 0 Å². The van der Waals surface area contributed by atoms with Crippen molar-refractivity contribution in [1.82, 2.24) is 20.2 Å². The Hall–Kier alpha value is -4.43. The first kappa shape index (κ1) is 31.5. The number of fused-ring (bicyclic) bond motifs is 1. The van der Waals surface area contributed by atoms with E-state index in [1.54, 1.807) is 0 Å². The molecule has 2 aliphatic heterocycles. The lowest BCUT2D eigenvalue weighted by Crippen LogP contribution is -2.71. The van der Waals surface area contributed by atoms with Gasteiger partial charge in [-0.3, -0.25) is 19.3 Å². The van der Waals surface area contributed by atoms with E-state index in [0.717, 1.165) is 28.0 Å². The summed E-state index contributed by atoms with van der Waals surface area (Å²) in [7, 11) is 0. The molecule has 17 nitrogen and oxygen atoms in total. The van der Waals surface area contributed by atoms with Crippen molar-refractivity contribution in [1.29, 1.82) is 0 Å². The summed E-state index contributed by atoms with van der Waals surface area (Å²) in [5, 5.41) is 35.5. The smallest absolute Gasteiger partial charge is 0.362 e. The summed E-state index contributed by atoms with van der Waals surface area (Å²) in [6.45, 7) is 1.06. The SMILES string of the molecule is CC(CC(=O)O)O/N=C(\C(=O)NC1C(=O)N2C(C(=O)O)=C(CSc3nc(N)cc[n+]3CC(=O)O)CS[C@H]12)c1csc(N)n1. The Labute approximate surface area is 255 Å². The van der Waals surface area contributed by atoms with Crippen LogP contribution in [0.5, 0.6) is 0 Å². The Balaban J connectivity index is 1.51. The predicted octanol–water partition coefficient (Wildman–Crippen LogP) is -0.811. The van der Waals surface area contributed by atoms with E-state index in [1.165, 1.54) is 40.9 Å². The minimum absolute atomic E-state index is 0.0446. The summed E-state index contributed by atoms with van der Waals surface area (Å²) in [6, 6.07) is 0.331. The normalized spacial score (nSPS) is 18.9. The average Bonchev–Trinajstić information content (AvgIpc) is 3.36. The molecule has 3 atom stereocenters. The molecule has 1 fully saturated rings. The minimum atomic E-state index is -1.35. The summed E-state index contributed by atoms with van der Waals surface area (Å²) in [5.74, 6) is -4.70. The van der Waals surface area contributed by atoms with Crippen molar-refractivity contribution in [3.63, 3.8) is 0 Å². The number of hydrogen-bond donors (Lipinski definition) is 6. The number of β-lactam (4-membered cyclic amide) rings is 1. The van der Waals surface area contributed by atoms with Crippen molar-refractivity contribution in [2.75, 3.05) is 23.0 Å². The average molecular weight is 654 g/mol. The van der Waals surface area contributed by atoms with Gasteiger partial charge in [0.25, 0.3) is 11.8 Å². The Kier molecular flexibility index (Phi) is 9.71. The van der Waals surface area contributed by atoms with Crippen LogP contribution in [0.3, 0.4) is 0 Å². The van der Waals surface area contributed by atoms with E-state index in [-0.39, 0.29) is 57.7 Å². The number of nitrogens with zero attached hydrogens (tertiary/aromatic N) is 5. The van der Waals surface area contributed by atoms with Crippen LogP contribution in [-0.4, -0.2) is 94.6 Å². The van der Waals surface area contributed by atoms with Crippen LogP contribution >= 0.6 is 34.9 Å². The Morgan fingerprint density at radius 3 is 2.63 bits per heavy atom. The molecule has 43 heavy (non-hydrogen) atoms. The van der Waals surface area contributed by atoms with Crippen LogP contribution < -0.4 is 21.4 Å². The predicted molar refractivity (Wildman–Crippen MR) is 153 cm³/mol. The van der Waals surface area contributed by atoms with E-state index in [4.69, 9.17) is 26.5 Å². The molecule has 2 aromatic heterocycles. The van der Waals surface area contributed by atoms with Gasteiger partial charge in [-0.2, -0.15) is 0 Å². The van der Waals surface area contributed by atoms with E-state index in [0.29, 0.717) is 5.57 Å². The van der Waals surface area contributed by atoms with Gasteiger partial charge in [0.15, 0.2) is 17.4 Å². The molecule has 2 unspecified atom stereocenters. The van der Waals surface area contributed by atoms with Gasteiger partial charge < -0.3 is 36.9 Å². The largest absolute Gasteiger partial charge is 0.481 e. The second kappa shape index (κ2) is 13.3. The van der Waals surface area contributed by atoms with Crippen molar-refractivity contribution >= 4 is 81.2 Å². The topological polar surface area (TPSA) is 265 Å². The molecule has 1 saturated heterocycles. The molecule has 2 aromatic rings. The van der Waals surface area contributed by atoms with E-state index in [9.17, 15) is 29.1 Å². The van der Waals surface area contributed by atoms with Gasteiger partial charge in [-0.05, 0) is 29.2 Å². The fraction of sp³-hybridized carbons (Fsp3) is 0.348. The van der Waals surface area contributed by atoms with Crippen molar-refractivity contribution in [2.45, 2.75) is 42.6 Å². The number of rotatable bonds is 13. The molecule has 4 rings (SSSR count). The monoisotopic (exact) mass is 653 g/mol. The number of nitrogen functional groups attached to an aromatic ring is 2. The second-order valence-electron chi connectivity index (χ2n) is 9.09. The number of hydrogen-bond acceptors (Lipinski definition) is 14. The van der Waals surface area contributed by atoms with E-state index >= 15 is 0 Å². The lowest BCUT2D eigenvalue weighted by atomic mass is 10.0. The fourth-order valence-corrected chi connectivity index (χ4v) is 7.03. The molecule has 0 aromatic carbocycles. The molecule has 2 amide bonds. The summed E-state index contributed by atoms with van der Waals surface area (Å²) in [4.78, 5) is 75.2. The third kappa shape index (κ3) is 7.32. The lowest BCUT2D eigenvalue weighted by molar-refractivity contribution is -0.726. The quantitative estimate of drug-likeness (QED) is 0.0385. The van der Waals surface area contributed by atoms with Crippen molar-refractivity contribution in [3.05, 3.63) is 34.6 Å². The Bertz CT molecular complexity index is 1550. The number of nitrogens with one attached hydrogen (secondary N) is 1. The molecule has 0 aliphatic carbocycles. The molecular weight excluding hydrogens is 629 g/mol. The number of carboxylic acids is 3. The zero-order valence-electron chi connectivity index (χ0n) is 22.2. The van der Waals surface area contributed by atoms with Crippen LogP contribution in [0.25, 0.3) is 0 Å². The first-order chi connectivity index (χ1) is 20.3. The highest BCUT2D eigenvalue weighted by atomic mass is 32.2. The van der Waals surface area contributed by atoms with Gasteiger partial charge in [0.2, 0.25) is 5.82 Å². The molecule has 0 saturated carbocycles. The lowest BCUT2D eigenvalue weighted by Gasteiger charge is -2.49. The molecule has 228 valence electrons. The highest BCUT2D eigenvalue weighted by Gasteiger charge is 2.54. The number of anilines is 2. The number of carboxylic acid groups (broad SMARTS) is 3. The van der Waals surface area contributed by atoms with Gasteiger partial charge >= 0.3 is 23.1 Å². The van der Waals surface area contributed by atoms with Crippen LogP contribution in [0, 0.1) is 0 Å². The van der Waals surface area contributed by atoms with Gasteiger partial charge in [0.1, 0.15) is 28.9 Å². The number of carbonyl (C=O) groups is 5. The highest BCUT2D eigenvalue weighted by molar-refractivity contribution is 8.01. The number of aromatic nitrogens is 3. The summed E-state index contributed by atoms with van der Waals surface area (Å²) < 4.78 is 1.35. The van der Waals surface area contributed by atoms with Crippen molar-refractivity contribution in [2.24, 2.45) is 5.16 Å². The maximum Gasteiger partial charge on any atom is 0.362 e. The molecule has 8 N–H and O–H groups in total. The maximum atomic E-state index is 13.2. The van der Waals surface area contributed by atoms with Crippen LogP contribution in [-0.2, 0) is 35.4 Å². The molecule has 2 aliphatic rings. The van der Waals surface area contributed by atoms with Crippen LogP contribution in [0.1, 0.15) is 19.0 Å². The van der Waals surface area contributed by atoms with Crippen LogP contribution in [0.4, 0.5) is 10.9 Å². The molecule has 20 heteroatoms. The van der Waals surface area contributed by atoms with Gasteiger partial charge in [-0.25, -0.2) is 19.1 Å². The minimum Gasteiger partial charge on any atom is -0.481 e. The van der Waals surface area contributed by atoms with Crippen molar-refractivity contribution in [3.8, 4) is 0 Å². The van der Waals surface area contributed by atoms with Crippen LogP contribution in [0.2, 0.25) is 0 Å². The van der Waals surface area contributed by atoms with Gasteiger partial charge in [0, 0.05) is 23.0 Å². The Morgan fingerprint density at radius 1 is 1.26 bits per heavy atom. The molecule has 0 spiro atoms. The van der Waals surface area contributed by atoms with Gasteiger partial charge in [-0.15, -0.1) is 23.1 Å². The van der Waals surface area contributed by atoms with Crippen LogP contribution in [0.15, 0.2) is 39.2 Å². The third-order valence-electron chi connectivity index (χ3n) is 5.88. The molecule has 0 bridgehead atoms. The number of aliphatic carboxylic acids is 3. The highest BCUT2D eigenvalue weighted by Crippen LogP contribution is 2.41. The van der Waals surface area contributed by atoms with E-state index in [2.05, 4.69) is 20.4 Å². The summed E-state index contributed by atoms with van der Waals surface area (Å²) >= 11 is 3.32. The number of thioether (sulfide) groups is 2. The number of thiazole rings is 1. The molecular formula is C23H25N8O9S3+.